The maximum absolute atomic E-state index is 0. The molecule has 0 N–H and O–H groups in total. The van der Waals surface area contributed by atoms with E-state index in [0.717, 1.165) is 0 Å². The van der Waals surface area contributed by atoms with Gasteiger partial charge in [0.05, 0.1) is 0 Å². The minimum Gasteiger partial charge on any atom is -0.0125 e. The van der Waals surface area contributed by atoms with Crippen LogP contribution in [0.15, 0.2) is 0 Å². The van der Waals surface area contributed by atoms with Gasteiger partial charge in [0.25, 0.3) is 0 Å². The quantitative estimate of drug-likeness (QED) is 0.360. The summed E-state index contributed by atoms with van der Waals surface area (Å²) in [6, 6.07) is 0. The summed E-state index contributed by atoms with van der Waals surface area (Å²) in [5.74, 6) is 0. The first kappa shape index (κ1) is 36.2. The summed E-state index contributed by atoms with van der Waals surface area (Å²) in [4.78, 5) is 0. The Hall–Kier alpha value is 2.09. The zero-order valence-electron chi connectivity index (χ0n) is 2.21. The predicted octanol–water partition coefficient (Wildman–Crippen LogP) is -2.37. The van der Waals surface area contributed by atoms with Gasteiger partial charge in [-0.05, 0) is 11.0 Å². The summed E-state index contributed by atoms with van der Waals surface area (Å²) in [6.45, 7) is 0. The van der Waals surface area contributed by atoms with Crippen LogP contribution in [0.5, 0.6) is 0 Å². The summed E-state index contributed by atoms with van der Waals surface area (Å²) in [7, 11) is 0. The van der Waals surface area contributed by atoms with E-state index in [9.17, 15) is 0 Å². The third-order valence-electron chi connectivity index (χ3n) is 0. The fourth-order valence-corrected chi connectivity index (χ4v) is 0. The molecule has 0 unspecified atom stereocenters. The average Bonchev–Trinajstić information content (AvgIpc) is 0. The third-order valence-corrected chi connectivity index (χ3v) is 0. The standard InChI is InChI=1S/Al.H3Si.Ti.Zn.3H/h;1H3;;;;;. The molecule has 0 bridgehead atoms. The van der Waals surface area contributed by atoms with E-state index < -0.39 is 0 Å². The van der Waals surface area contributed by atoms with E-state index in [1.165, 1.54) is 0 Å². The van der Waals surface area contributed by atoms with E-state index in [1.807, 2.05) is 0 Å². The Morgan fingerprint density at radius 2 is 1.00 bits per heavy atom. The third kappa shape index (κ3) is 8.94. The fraction of sp³-hybridized carbons (Fsp3) is 0. The molecular weight excluding hydrogens is 168 g/mol. The van der Waals surface area contributed by atoms with Gasteiger partial charge >= 0.3 is 0 Å². The molecule has 0 heterocycles. The van der Waals surface area contributed by atoms with Crippen molar-refractivity contribution in [1.29, 1.82) is 0 Å². The molecule has 19 valence electrons. The first-order chi connectivity index (χ1) is 0. The van der Waals surface area contributed by atoms with Crippen molar-refractivity contribution >= 4 is 28.3 Å². The predicted molar refractivity (Wildman–Crippen MR) is 19.9 cm³/mol. The molecule has 0 atom stereocenters. The van der Waals surface area contributed by atoms with Gasteiger partial charge in [-0.1, -0.05) is 0 Å². The first-order valence-electron chi connectivity index (χ1n) is 0. The summed E-state index contributed by atoms with van der Waals surface area (Å²) in [5.41, 5.74) is 0. The molecule has 4 heteroatoms. The number of rotatable bonds is 0. The maximum atomic E-state index is 0. The summed E-state index contributed by atoms with van der Waals surface area (Å²) < 4.78 is 0. The second-order valence-electron chi connectivity index (χ2n) is 0. The van der Waals surface area contributed by atoms with Crippen molar-refractivity contribution in [3.8, 4) is 0 Å². The molecular formula is H6AlSiTiZn. The van der Waals surface area contributed by atoms with Crippen molar-refractivity contribution in [2.75, 3.05) is 0 Å². The summed E-state index contributed by atoms with van der Waals surface area (Å²) in [5, 5.41) is 0. The minimum absolute atomic E-state index is 0. The molecule has 0 fully saturated rings. The van der Waals surface area contributed by atoms with Crippen LogP contribution in [0.25, 0.3) is 0 Å². The van der Waals surface area contributed by atoms with Gasteiger partial charge in [0.2, 0.25) is 0 Å². The normalized spacial score (nSPS) is 0. The van der Waals surface area contributed by atoms with E-state index in [-0.39, 0.29) is 69.5 Å². The van der Waals surface area contributed by atoms with Gasteiger partial charge < -0.3 is 0 Å². The van der Waals surface area contributed by atoms with E-state index in [4.69, 9.17) is 0 Å². The van der Waals surface area contributed by atoms with Gasteiger partial charge in [0.1, 0.15) is 0 Å². The fourth-order valence-electron chi connectivity index (χ4n) is 0. The van der Waals surface area contributed by atoms with Gasteiger partial charge in [-0.3, -0.25) is 0 Å². The molecule has 0 aromatic rings. The van der Waals surface area contributed by atoms with Crippen LogP contribution >= 0.6 is 0 Å². The molecule has 0 nitrogen and oxygen atoms in total. The molecule has 4 heavy (non-hydrogen) atoms. The van der Waals surface area contributed by atoms with Crippen molar-refractivity contribution in [1.82, 2.24) is 0 Å². The van der Waals surface area contributed by atoms with Crippen LogP contribution in [0.1, 0.15) is 0 Å². The van der Waals surface area contributed by atoms with Gasteiger partial charge in [-0.25, -0.2) is 0 Å². The van der Waals surface area contributed by atoms with Crippen molar-refractivity contribution in [2.45, 2.75) is 0 Å². The molecule has 0 spiro atoms. The smallest absolute Gasteiger partial charge is 0.0125 e. The van der Waals surface area contributed by atoms with Crippen LogP contribution in [0.2, 0.25) is 0 Å². The second kappa shape index (κ2) is 19.5. The molecule has 0 amide bonds. The molecule has 0 aliphatic rings. The monoisotopic (exact) mass is 173 g/mol. The Kier molecular flexibility index (Phi) is 176. The van der Waals surface area contributed by atoms with Gasteiger partial charge in [-0.15, -0.1) is 0 Å². The van der Waals surface area contributed by atoms with Crippen LogP contribution in [-0.4, -0.2) is 28.3 Å². The molecule has 0 rings (SSSR count). The Balaban J connectivity index is 0. The SMILES string of the molecule is [AlH3].[SiH3].[Ti].[Zn]. The van der Waals surface area contributed by atoms with Gasteiger partial charge in [0, 0.05) is 41.2 Å². The van der Waals surface area contributed by atoms with Gasteiger partial charge in [-0.2, -0.15) is 0 Å². The van der Waals surface area contributed by atoms with E-state index in [0.29, 0.717) is 0 Å². The van der Waals surface area contributed by atoms with Crippen molar-refractivity contribution in [3.63, 3.8) is 0 Å². The second-order valence-corrected chi connectivity index (χ2v) is 0. The van der Waals surface area contributed by atoms with Crippen LogP contribution in [0.4, 0.5) is 0 Å². The van der Waals surface area contributed by atoms with E-state index in [1.54, 1.807) is 0 Å². The molecule has 0 saturated heterocycles. The van der Waals surface area contributed by atoms with Crippen LogP contribution in [-0.2, 0) is 41.2 Å². The van der Waals surface area contributed by atoms with E-state index in [2.05, 4.69) is 0 Å². The van der Waals surface area contributed by atoms with Crippen LogP contribution < -0.4 is 0 Å². The largest absolute Gasteiger partial charge is 0.187 e. The molecule has 0 aromatic carbocycles. The molecule has 0 aliphatic heterocycles. The zero-order chi connectivity index (χ0) is 0. The zero-order valence-corrected chi connectivity index (χ0v) is 8.74. The van der Waals surface area contributed by atoms with Crippen LogP contribution in [0, 0.1) is 0 Å². The summed E-state index contributed by atoms with van der Waals surface area (Å²) in [6.07, 6.45) is 0. The van der Waals surface area contributed by atoms with Crippen molar-refractivity contribution in [2.24, 2.45) is 0 Å². The van der Waals surface area contributed by atoms with Gasteiger partial charge in [0.15, 0.2) is 17.4 Å². The number of hydrogen-bond donors (Lipinski definition) is 0. The Labute approximate surface area is 68.9 Å². The molecule has 0 saturated carbocycles. The molecule has 1 radical (unpaired) electrons. The Morgan fingerprint density at radius 3 is 1.00 bits per heavy atom. The van der Waals surface area contributed by atoms with Crippen molar-refractivity contribution in [3.05, 3.63) is 0 Å². The Morgan fingerprint density at radius 1 is 1.00 bits per heavy atom. The van der Waals surface area contributed by atoms with Crippen molar-refractivity contribution < 1.29 is 41.2 Å². The summed E-state index contributed by atoms with van der Waals surface area (Å²) >= 11 is 0. The van der Waals surface area contributed by atoms with E-state index >= 15 is 0 Å². The molecule has 0 aliphatic carbocycles. The Bertz CT molecular complexity index is 8.00. The molecule has 0 aromatic heterocycles. The average molecular weight is 174 g/mol. The first-order valence-corrected chi connectivity index (χ1v) is 0. The van der Waals surface area contributed by atoms with Crippen LogP contribution in [0.3, 0.4) is 0 Å². The minimum atomic E-state index is 0. The topological polar surface area (TPSA) is 0 Å². The number of hydrogen-bond acceptors (Lipinski definition) is 0. The maximum Gasteiger partial charge on any atom is 0.187 e.